The number of phenolic OH excluding ortho intramolecular Hbond substituents is 1. The van der Waals surface area contributed by atoms with E-state index in [4.69, 9.17) is 4.74 Å². The highest BCUT2D eigenvalue weighted by Crippen LogP contribution is 2.35. The molecule has 3 heteroatoms. The van der Waals surface area contributed by atoms with Gasteiger partial charge >= 0.3 is 0 Å². The summed E-state index contributed by atoms with van der Waals surface area (Å²) < 4.78 is 5.03. The van der Waals surface area contributed by atoms with Crippen LogP contribution in [-0.4, -0.2) is 23.7 Å². The molecule has 1 aliphatic rings. The summed E-state index contributed by atoms with van der Waals surface area (Å²) in [6.45, 7) is 0. The molecular formula is C12H16O2S. The molecule has 15 heavy (non-hydrogen) atoms. The third kappa shape index (κ3) is 2.40. The second kappa shape index (κ2) is 4.79. The molecule has 1 aromatic rings. The Labute approximate surface area is 94.6 Å². The second-order valence-electron chi connectivity index (χ2n) is 3.82. The van der Waals surface area contributed by atoms with E-state index < -0.39 is 0 Å². The quantitative estimate of drug-likeness (QED) is 0.837. The number of ether oxygens (including phenoxy) is 1. The first kappa shape index (κ1) is 10.7. The van der Waals surface area contributed by atoms with Gasteiger partial charge in [-0.3, -0.25) is 0 Å². The van der Waals surface area contributed by atoms with Crippen molar-refractivity contribution in [2.75, 3.05) is 18.6 Å². The lowest BCUT2D eigenvalue weighted by molar-refractivity contribution is 0.372. The summed E-state index contributed by atoms with van der Waals surface area (Å²) in [5.41, 5.74) is 1.24. The average molecular weight is 224 g/mol. The Morgan fingerprint density at radius 2 is 2.07 bits per heavy atom. The van der Waals surface area contributed by atoms with Crippen LogP contribution in [0.15, 0.2) is 18.2 Å². The Kier molecular flexibility index (Phi) is 3.41. The molecule has 2 rings (SSSR count). The van der Waals surface area contributed by atoms with Gasteiger partial charge in [-0.25, -0.2) is 0 Å². The van der Waals surface area contributed by atoms with Crippen molar-refractivity contribution in [2.45, 2.75) is 18.8 Å². The van der Waals surface area contributed by atoms with Crippen LogP contribution in [0.1, 0.15) is 24.3 Å². The van der Waals surface area contributed by atoms with Crippen LogP contribution < -0.4 is 4.74 Å². The Morgan fingerprint density at radius 3 is 2.67 bits per heavy atom. The molecule has 1 aromatic carbocycles. The molecule has 0 radical (unpaired) electrons. The maximum absolute atomic E-state index is 9.69. The maximum atomic E-state index is 9.69. The minimum atomic E-state index is 0.258. The molecule has 0 amide bonds. The van der Waals surface area contributed by atoms with Gasteiger partial charge in [0, 0.05) is 0 Å². The van der Waals surface area contributed by atoms with Crippen LogP contribution in [0.4, 0.5) is 0 Å². The molecule has 1 saturated heterocycles. The number of aromatic hydroxyl groups is 1. The van der Waals surface area contributed by atoms with Gasteiger partial charge in [-0.05, 0) is 48.0 Å². The molecule has 1 N–H and O–H groups in total. The smallest absolute Gasteiger partial charge is 0.160 e. The number of hydrogen-bond acceptors (Lipinski definition) is 3. The average Bonchev–Trinajstić information content (AvgIpc) is 2.30. The van der Waals surface area contributed by atoms with Crippen molar-refractivity contribution in [1.29, 1.82) is 0 Å². The summed E-state index contributed by atoms with van der Waals surface area (Å²) >= 11 is 2.02. The van der Waals surface area contributed by atoms with Crippen molar-refractivity contribution in [3.63, 3.8) is 0 Å². The molecule has 1 aliphatic heterocycles. The van der Waals surface area contributed by atoms with E-state index in [1.807, 2.05) is 23.9 Å². The zero-order valence-corrected chi connectivity index (χ0v) is 9.72. The zero-order chi connectivity index (χ0) is 10.7. The highest BCUT2D eigenvalue weighted by Gasteiger charge is 2.16. The summed E-state index contributed by atoms with van der Waals surface area (Å²) in [4.78, 5) is 0. The van der Waals surface area contributed by atoms with Crippen LogP contribution in [0.3, 0.4) is 0 Å². The monoisotopic (exact) mass is 224 g/mol. The van der Waals surface area contributed by atoms with E-state index in [1.165, 1.54) is 29.9 Å². The molecule has 0 unspecified atom stereocenters. The molecule has 0 aliphatic carbocycles. The molecule has 1 heterocycles. The van der Waals surface area contributed by atoms with Gasteiger partial charge in [-0.1, -0.05) is 6.07 Å². The van der Waals surface area contributed by atoms with Crippen LogP contribution in [-0.2, 0) is 0 Å². The van der Waals surface area contributed by atoms with Gasteiger partial charge in [0.05, 0.1) is 7.11 Å². The standard InChI is InChI=1S/C12H16O2S/c1-14-12-3-2-10(8-11(12)13)9-4-6-15-7-5-9/h2-3,8-9,13H,4-7H2,1H3. The minimum absolute atomic E-state index is 0.258. The molecule has 1 fully saturated rings. The van der Waals surface area contributed by atoms with Crippen molar-refractivity contribution in [2.24, 2.45) is 0 Å². The molecule has 0 spiro atoms. The number of phenols is 1. The summed E-state index contributed by atoms with van der Waals surface area (Å²) in [5, 5.41) is 9.69. The van der Waals surface area contributed by atoms with Crippen LogP contribution in [0, 0.1) is 0 Å². The van der Waals surface area contributed by atoms with Crippen LogP contribution >= 0.6 is 11.8 Å². The Hall–Kier alpha value is -0.830. The third-order valence-corrected chi connectivity index (χ3v) is 3.94. The second-order valence-corrected chi connectivity index (χ2v) is 5.04. The van der Waals surface area contributed by atoms with E-state index in [9.17, 15) is 5.11 Å². The number of thioether (sulfide) groups is 1. The highest BCUT2D eigenvalue weighted by atomic mass is 32.2. The Balaban J connectivity index is 2.17. The van der Waals surface area contributed by atoms with Gasteiger partial charge in [0.15, 0.2) is 11.5 Å². The Bertz CT molecular complexity index is 332. The number of methoxy groups -OCH3 is 1. The lowest BCUT2D eigenvalue weighted by atomic mass is 9.93. The normalized spacial score (nSPS) is 17.7. The van der Waals surface area contributed by atoms with Crippen LogP contribution in [0.5, 0.6) is 11.5 Å². The van der Waals surface area contributed by atoms with Crippen LogP contribution in [0.2, 0.25) is 0 Å². The summed E-state index contributed by atoms with van der Waals surface area (Å²) in [6, 6.07) is 5.77. The first-order valence-electron chi connectivity index (χ1n) is 5.26. The fourth-order valence-corrected chi connectivity index (χ4v) is 3.10. The van der Waals surface area contributed by atoms with Crippen molar-refractivity contribution in [1.82, 2.24) is 0 Å². The van der Waals surface area contributed by atoms with E-state index in [0.29, 0.717) is 11.7 Å². The van der Waals surface area contributed by atoms with Gasteiger partial charge in [0.2, 0.25) is 0 Å². The summed E-state index contributed by atoms with van der Waals surface area (Å²) in [5.74, 6) is 3.90. The van der Waals surface area contributed by atoms with Gasteiger partial charge in [-0.2, -0.15) is 11.8 Å². The summed E-state index contributed by atoms with van der Waals surface area (Å²) in [6.07, 6.45) is 2.44. The fourth-order valence-electron chi connectivity index (χ4n) is 1.99. The van der Waals surface area contributed by atoms with Gasteiger partial charge < -0.3 is 9.84 Å². The topological polar surface area (TPSA) is 29.5 Å². The molecule has 0 bridgehead atoms. The Morgan fingerprint density at radius 1 is 1.33 bits per heavy atom. The maximum Gasteiger partial charge on any atom is 0.160 e. The summed E-state index contributed by atoms with van der Waals surface area (Å²) in [7, 11) is 1.58. The molecule has 0 saturated carbocycles. The first-order chi connectivity index (χ1) is 7.31. The lowest BCUT2D eigenvalue weighted by Gasteiger charge is -2.22. The molecular weight excluding hydrogens is 208 g/mol. The number of rotatable bonds is 2. The van der Waals surface area contributed by atoms with Crippen LogP contribution in [0.25, 0.3) is 0 Å². The van der Waals surface area contributed by atoms with Crippen molar-refractivity contribution in [3.05, 3.63) is 23.8 Å². The van der Waals surface area contributed by atoms with E-state index in [-0.39, 0.29) is 5.75 Å². The van der Waals surface area contributed by atoms with Gasteiger partial charge in [0.1, 0.15) is 0 Å². The number of hydrogen-bond donors (Lipinski definition) is 1. The van der Waals surface area contributed by atoms with E-state index >= 15 is 0 Å². The predicted octanol–water partition coefficient (Wildman–Crippen LogP) is 3.01. The van der Waals surface area contributed by atoms with Gasteiger partial charge in [0.25, 0.3) is 0 Å². The first-order valence-corrected chi connectivity index (χ1v) is 6.41. The van der Waals surface area contributed by atoms with Crippen molar-refractivity contribution < 1.29 is 9.84 Å². The van der Waals surface area contributed by atoms with Crippen molar-refractivity contribution >= 4 is 11.8 Å². The van der Waals surface area contributed by atoms with Gasteiger partial charge in [-0.15, -0.1) is 0 Å². The van der Waals surface area contributed by atoms with E-state index in [1.54, 1.807) is 7.11 Å². The zero-order valence-electron chi connectivity index (χ0n) is 8.90. The molecule has 2 nitrogen and oxygen atoms in total. The number of benzene rings is 1. The fraction of sp³-hybridized carbons (Fsp3) is 0.500. The minimum Gasteiger partial charge on any atom is -0.504 e. The SMILES string of the molecule is COc1ccc(C2CCSCC2)cc1O. The molecule has 0 atom stereocenters. The molecule has 0 aromatic heterocycles. The molecule has 82 valence electrons. The highest BCUT2D eigenvalue weighted by molar-refractivity contribution is 7.99. The largest absolute Gasteiger partial charge is 0.504 e. The van der Waals surface area contributed by atoms with E-state index in [2.05, 4.69) is 6.07 Å². The van der Waals surface area contributed by atoms with E-state index in [0.717, 1.165) is 0 Å². The van der Waals surface area contributed by atoms with Crippen molar-refractivity contribution in [3.8, 4) is 11.5 Å². The third-order valence-electron chi connectivity index (χ3n) is 2.90. The predicted molar refractivity (Wildman–Crippen MR) is 64.0 cm³/mol. The lowest BCUT2D eigenvalue weighted by Crippen LogP contribution is -2.07.